The Hall–Kier alpha value is -2.64. The molecule has 0 atom stereocenters. The summed E-state index contributed by atoms with van der Waals surface area (Å²) in [6.07, 6.45) is 0. The zero-order chi connectivity index (χ0) is 14.1. The highest BCUT2D eigenvalue weighted by Gasteiger charge is 2.20. The minimum atomic E-state index is -0.614. The average molecular weight is 276 g/mol. The van der Waals surface area contributed by atoms with Gasteiger partial charge in [0.25, 0.3) is 0 Å². The van der Waals surface area contributed by atoms with E-state index in [-0.39, 0.29) is 23.4 Å². The fraction of sp³-hybridized carbons (Fsp3) is 0.333. The number of nitrogens with one attached hydrogen (secondary N) is 1. The van der Waals surface area contributed by atoms with E-state index >= 15 is 0 Å². The highest BCUT2D eigenvalue weighted by atomic mass is 16.5. The van der Waals surface area contributed by atoms with Crippen molar-refractivity contribution in [2.45, 2.75) is 20.1 Å². The number of esters is 1. The molecule has 0 radical (unpaired) electrons. The summed E-state index contributed by atoms with van der Waals surface area (Å²) in [5.74, 6) is -0.0690. The Balaban J connectivity index is 1.68. The van der Waals surface area contributed by atoms with Crippen molar-refractivity contribution in [1.29, 1.82) is 0 Å². The Morgan fingerprint density at radius 2 is 2.40 bits per heavy atom. The number of carbonyl (C=O) groups is 1. The maximum Gasteiger partial charge on any atom is 0.359 e. The van der Waals surface area contributed by atoms with Gasteiger partial charge in [-0.15, -0.1) is 0 Å². The van der Waals surface area contributed by atoms with Gasteiger partial charge in [0, 0.05) is 17.8 Å². The van der Waals surface area contributed by atoms with Gasteiger partial charge in [0.1, 0.15) is 18.9 Å². The van der Waals surface area contributed by atoms with Crippen LogP contribution in [0.15, 0.2) is 16.9 Å². The first-order valence-corrected chi connectivity index (χ1v) is 6.06. The zero-order valence-electron chi connectivity index (χ0n) is 10.8. The molecule has 0 saturated carbocycles. The normalized spacial score (nSPS) is 12.8. The number of ether oxygens (including phenoxy) is 2. The third kappa shape index (κ3) is 2.27. The molecule has 0 bridgehead atoms. The van der Waals surface area contributed by atoms with Crippen LogP contribution in [0.4, 0.5) is 0 Å². The van der Waals surface area contributed by atoms with Gasteiger partial charge in [-0.2, -0.15) is 10.2 Å². The summed E-state index contributed by atoms with van der Waals surface area (Å²) >= 11 is 0. The van der Waals surface area contributed by atoms with Gasteiger partial charge in [-0.05, 0) is 6.92 Å². The third-order valence-corrected chi connectivity index (χ3v) is 2.84. The van der Waals surface area contributed by atoms with Crippen molar-refractivity contribution in [2.75, 3.05) is 6.61 Å². The van der Waals surface area contributed by atoms with Crippen molar-refractivity contribution < 1.29 is 14.3 Å². The first kappa shape index (κ1) is 12.4. The van der Waals surface area contributed by atoms with Gasteiger partial charge in [0.05, 0.1) is 6.54 Å². The van der Waals surface area contributed by atoms with Crippen LogP contribution in [0.25, 0.3) is 0 Å². The molecule has 104 valence electrons. The first-order chi connectivity index (χ1) is 9.63. The van der Waals surface area contributed by atoms with E-state index in [2.05, 4.69) is 15.3 Å². The highest BCUT2D eigenvalue weighted by Crippen LogP contribution is 2.18. The van der Waals surface area contributed by atoms with Crippen LogP contribution in [0, 0.1) is 6.92 Å². The lowest BCUT2D eigenvalue weighted by Gasteiger charge is -2.02. The quantitative estimate of drug-likeness (QED) is 0.794. The minimum absolute atomic E-state index is 0.145. The molecule has 20 heavy (non-hydrogen) atoms. The summed E-state index contributed by atoms with van der Waals surface area (Å²) in [5, 5.41) is 10.5. The summed E-state index contributed by atoms with van der Waals surface area (Å²) in [6, 6.07) is 2.91. The lowest BCUT2D eigenvalue weighted by molar-refractivity contribution is 0.0457. The average Bonchev–Trinajstić information content (AvgIpc) is 2.98. The van der Waals surface area contributed by atoms with Gasteiger partial charge in [0.2, 0.25) is 11.3 Å². The van der Waals surface area contributed by atoms with Crippen molar-refractivity contribution in [3.63, 3.8) is 0 Å². The smallest absolute Gasteiger partial charge is 0.359 e. The van der Waals surface area contributed by atoms with Crippen molar-refractivity contribution in [1.82, 2.24) is 20.0 Å². The summed E-state index contributed by atoms with van der Waals surface area (Å²) < 4.78 is 11.9. The molecule has 8 heteroatoms. The molecule has 0 spiro atoms. The van der Waals surface area contributed by atoms with E-state index in [1.807, 2.05) is 0 Å². The number of fused-ring (bicyclic) bond motifs is 1. The Labute approximate surface area is 113 Å². The molecule has 3 rings (SSSR count). The van der Waals surface area contributed by atoms with Gasteiger partial charge in [-0.3, -0.25) is 9.89 Å². The van der Waals surface area contributed by atoms with Crippen LogP contribution in [0.2, 0.25) is 0 Å². The molecule has 2 aromatic rings. The lowest BCUT2D eigenvalue weighted by Crippen LogP contribution is -2.16. The van der Waals surface area contributed by atoms with E-state index in [4.69, 9.17) is 9.47 Å². The van der Waals surface area contributed by atoms with Crippen LogP contribution in [-0.4, -0.2) is 32.6 Å². The van der Waals surface area contributed by atoms with E-state index < -0.39 is 5.97 Å². The number of hydrogen-bond acceptors (Lipinski definition) is 6. The SMILES string of the molecule is Cc1cc(=O)c(COC(=O)c2cc3n(n2)CCO3)n[nH]1. The fourth-order valence-corrected chi connectivity index (χ4v) is 1.85. The molecule has 8 nitrogen and oxygen atoms in total. The molecule has 1 aliphatic heterocycles. The predicted octanol–water partition coefficient (Wildman–Crippen LogP) is 0.0242. The van der Waals surface area contributed by atoms with Gasteiger partial charge in [-0.1, -0.05) is 0 Å². The van der Waals surface area contributed by atoms with Crippen molar-refractivity contribution in [3.8, 4) is 5.88 Å². The van der Waals surface area contributed by atoms with Gasteiger partial charge >= 0.3 is 5.97 Å². The molecule has 3 heterocycles. The molecule has 0 fully saturated rings. The zero-order valence-corrected chi connectivity index (χ0v) is 10.8. The topological polar surface area (TPSA) is 99.1 Å². The number of nitrogens with zero attached hydrogens (tertiary/aromatic N) is 3. The summed E-state index contributed by atoms with van der Waals surface area (Å²) in [5.41, 5.74) is 0.674. The molecule has 0 unspecified atom stereocenters. The third-order valence-electron chi connectivity index (χ3n) is 2.84. The molecular formula is C12H12N4O4. The van der Waals surface area contributed by atoms with E-state index in [1.54, 1.807) is 11.6 Å². The number of carbonyl (C=O) groups excluding carboxylic acids is 1. The number of aryl methyl sites for hydroxylation is 1. The number of H-pyrrole nitrogens is 1. The lowest BCUT2D eigenvalue weighted by atomic mass is 10.3. The van der Waals surface area contributed by atoms with Crippen LogP contribution in [0.3, 0.4) is 0 Å². The fourth-order valence-electron chi connectivity index (χ4n) is 1.85. The minimum Gasteiger partial charge on any atom is -0.476 e. The number of hydrogen-bond donors (Lipinski definition) is 1. The highest BCUT2D eigenvalue weighted by molar-refractivity contribution is 5.87. The summed E-state index contributed by atoms with van der Waals surface area (Å²) in [6.45, 7) is 2.69. The van der Waals surface area contributed by atoms with Crippen LogP contribution >= 0.6 is 0 Å². The summed E-state index contributed by atoms with van der Waals surface area (Å²) in [4.78, 5) is 23.4. The predicted molar refractivity (Wildman–Crippen MR) is 66.4 cm³/mol. The number of aromatic amines is 1. The van der Waals surface area contributed by atoms with Crippen molar-refractivity contribution in [3.05, 3.63) is 39.4 Å². The Morgan fingerprint density at radius 3 is 3.15 bits per heavy atom. The Kier molecular flexibility index (Phi) is 2.97. The van der Waals surface area contributed by atoms with Gasteiger partial charge < -0.3 is 9.47 Å². The Bertz CT molecular complexity index is 697. The number of aromatic nitrogens is 4. The van der Waals surface area contributed by atoms with Crippen LogP contribution in [0.1, 0.15) is 21.9 Å². The second kappa shape index (κ2) is 4.80. The van der Waals surface area contributed by atoms with E-state index in [9.17, 15) is 9.59 Å². The molecule has 0 aromatic carbocycles. The molecular weight excluding hydrogens is 264 g/mol. The first-order valence-electron chi connectivity index (χ1n) is 6.06. The van der Waals surface area contributed by atoms with Crippen LogP contribution in [0.5, 0.6) is 5.88 Å². The van der Waals surface area contributed by atoms with Gasteiger partial charge in [0.15, 0.2) is 5.69 Å². The monoisotopic (exact) mass is 276 g/mol. The largest absolute Gasteiger partial charge is 0.476 e. The van der Waals surface area contributed by atoms with Crippen molar-refractivity contribution >= 4 is 5.97 Å². The van der Waals surface area contributed by atoms with Crippen molar-refractivity contribution in [2.24, 2.45) is 0 Å². The van der Waals surface area contributed by atoms with E-state index in [0.29, 0.717) is 24.7 Å². The molecule has 1 aliphatic rings. The molecule has 2 aromatic heterocycles. The molecule has 0 saturated heterocycles. The van der Waals surface area contributed by atoms with Gasteiger partial charge in [-0.25, -0.2) is 9.48 Å². The number of rotatable bonds is 3. The summed E-state index contributed by atoms with van der Waals surface area (Å²) in [7, 11) is 0. The Morgan fingerprint density at radius 1 is 1.55 bits per heavy atom. The second-order valence-electron chi connectivity index (χ2n) is 4.38. The molecule has 0 amide bonds. The maximum atomic E-state index is 11.8. The van der Waals surface area contributed by atoms with E-state index in [1.165, 1.54) is 12.1 Å². The standard InChI is InChI=1S/C12H12N4O4/c1-7-4-10(17)9(14-13-7)6-20-12(18)8-5-11-16(15-8)2-3-19-11/h4-5H,2-3,6H2,1H3,(H,13,17). The second-order valence-corrected chi connectivity index (χ2v) is 4.38. The maximum absolute atomic E-state index is 11.8. The molecule has 0 aliphatic carbocycles. The molecule has 1 N–H and O–H groups in total. The van der Waals surface area contributed by atoms with Crippen LogP contribution < -0.4 is 10.2 Å². The van der Waals surface area contributed by atoms with Crippen LogP contribution in [-0.2, 0) is 17.9 Å². The van der Waals surface area contributed by atoms with E-state index in [0.717, 1.165) is 0 Å².